The summed E-state index contributed by atoms with van der Waals surface area (Å²) >= 11 is 0. The van der Waals surface area contributed by atoms with Gasteiger partial charge >= 0.3 is 0 Å². The van der Waals surface area contributed by atoms with Gasteiger partial charge < -0.3 is 9.47 Å². The molecule has 5 nitrogen and oxygen atoms in total. The Bertz CT molecular complexity index is 276. The summed E-state index contributed by atoms with van der Waals surface area (Å²) in [5.41, 5.74) is 1.57. The molecule has 0 aromatic rings. The average molecular weight is 243 g/mol. The second-order valence-corrected chi connectivity index (χ2v) is 5.61. The first-order chi connectivity index (χ1) is 8.08. The zero-order chi connectivity index (χ0) is 12.4. The van der Waals surface area contributed by atoms with Gasteiger partial charge in [-0.1, -0.05) is 6.92 Å². The quantitative estimate of drug-likeness (QED) is 0.566. The Kier molecular flexibility index (Phi) is 3.70. The topological polar surface area (TPSA) is 67.8 Å². The molecule has 17 heavy (non-hydrogen) atoms. The normalized spacial score (nSPS) is 38.0. The van der Waals surface area contributed by atoms with Crippen LogP contribution < -0.4 is 5.48 Å². The van der Waals surface area contributed by atoms with E-state index in [9.17, 15) is 4.79 Å². The van der Waals surface area contributed by atoms with Gasteiger partial charge in [-0.15, -0.1) is 0 Å². The molecule has 2 N–H and O–H groups in total. The molecular weight excluding hydrogens is 222 g/mol. The van der Waals surface area contributed by atoms with Crippen molar-refractivity contribution in [3.8, 4) is 0 Å². The number of hydroxylamine groups is 1. The maximum absolute atomic E-state index is 11.2. The fourth-order valence-electron chi connectivity index (χ4n) is 2.82. The zero-order valence-corrected chi connectivity index (χ0v) is 10.3. The molecule has 1 spiro atoms. The number of carbonyl (C=O) groups excluding carboxylic acids is 1. The highest BCUT2D eigenvalue weighted by Crippen LogP contribution is 2.45. The second-order valence-electron chi connectivity index (χ2n) is 5.61. The summed E-state index contributed by atoms with van der Waals surface area (Å²) in [4.78, 5) is 11.2. The SMILES string of the molecule is CC1(CC(=O)NO)CCC2(CC1)COCCO2. The Morgan fingerprint density at radius 1 is 1.29 bits per heavy atom. The van der Waals surface area contributed by atoms with Gasteiger partial charge in [0.25, 0.3) is 0 Å². The average Bonchev–Trinajstić information content (AvgIpc) is 2.35. The highest BCUT2D eigenvalue weighted by Gasteiger charge is 2.43. The third-order valence-corrected chi connectivity index (χ3v) is 4.08. The smallest absolute Gasteiger partial charge is 0.243 e. The summed E-state index contributed by atoms with van der Waals surface area (Å²) in [6, 6.07) is 0. The van der Waals surface area contributed by atoms with Gasteiger partial charge in [0, 0.05) is 6.42 Å². The highest BCUT2D eigenvalue weighted by atomic mass is 16.6. The largest absolute Gasteiger partial charge is 0.376 e. The van der Waals surface area contributed by atoms with Gasteiger partial charge in [-0.2, -0.15) is 0 Å². The molecule has 0 atom stereocenters. The molecule has 0 aromatic carbocycles. The van der Waals surface area contributed by atoms with Crippen molar-refractivity contribution in [1.82, 2.24) is 5.48 Å². The van der Waals surface area contributed by atoms with Gasteiger partial charge in [0.2, 0.25) is 5.91 Å². The maximum atomic E-state index is 11.2. The number of hydrogen-bond donors (Lipinski definition) is 2. The lowest BCUT2D eigenvalue weighted by Crippen LogP contribution is -2.48. The van der Waals surface area contributed by atoms with E-state index in [4.69, 9.17) is 14.7 Å². The van der Waals surface area contributed by atoms with Crippen molar-refractivity contribution in [2.75, 3.05) is 19.8 Å². The molecule has 5 heteroatoms. The number of nitrogens with one attached hydrogen (secondary N) is 1. The van der Waals surface area contributed by atoms with Crippen molar-refractivity contribution < 1.29 is 19.5 Å². The monoisotopic (exact) mass is 243 g/mol. The van der Waals surface area contributed by atoms with Gasteiger partial charge in [0.15, 0.2) is 0 Å². The summed E-state index contributed by atoms with van der Waals surface area (Å²) in [6.07, 6.45) is 4.11. The van der Waals surface area contributed by atoms with Gasteiger partial charge in [0.1, 0.15) is 0 Å². The molecule has 2 fully saturated rings. The first-order valence-electron chi connectivity index (χ1n) is 6.22. The molecule has 2 rings (SSSR count). The number of ether oxygens (including phenoxy) is 2. The van der Waals surface area contributed by atoms with Crippen LogP contribution in [0.5, 0.6) is 0 Å². The summed E-state index contributed by atoms with van der Waals surface area (Å²) in [6.45, 7) is 4.13. The molecule has 1 aliphatic heterocycles. The minimum absolute atomic E-state index is 0.0289. The van der Waals surface area contributed by atoms with Crippen LogP contribution in [0.2, 0.25) is 0 Å². The lowest BCUT2D eigenvalue weighted by molar-refractivity contribution is -0.181. The van der Waals surface area contributed by atoms with Crippen LogP contribution in [0.25, 0.3) is 0 Å². The van der Waals surface area contributed by atoms with Crippen LogP contribution in [0.15, 0.2) is 0 Å². The first-order valence-corrected chi connectivity index (χ1v) is 6.22. The van der Waals surface area contributed by atoms with E-state index in [2.05, 4.69) is 6.92 Å². The molecule has 1 saturated carbocycles. The first kappa shape index (κ1) is 12.8. The number of hydrogen-bond acceptors (Lipinski definition) is 4. The lowest BCUT2D eigenvalue weighted by atomic mass is 9.68. The van der Waals surface area contributed by atoms with Crippen LogP contribution in [0.4, 0.5) is 0 Å². The van der Waals surface area contributed by atoms with E-state index in [1.54, 1.807) is 5.48 Å². The van der Waals surface area contributed by atoms with Gasteiger partial charge in [-0.05, 0) is 31.1 Å². The Morgan fingerprint density at radius 3 is 2.53 bits per heavy atom. The maximum Gasteiger partial charge on any atom is 0.243 e. The Balaban J connectivity index is 1.90. The number of amides is 1. The molecule has 0 aromatic heterocycles. The van der Waals surface area contributed by atoms with Crippen LogP contribution in [-0.4, -0.2) is 36.5 Å². The third-order valence-electron chi connectivity index (χ3n) is 4.08. The fourth-order valence-corrected chi connectivity index (χ4v) is 2.82. The van der Waals surface area contributed by atoms with Crippen LogP contribution in [0, 0.1) is 5.41 Å². The minimum atomic E-state index is -0.302. The predicted octanol–water partition coefficient (Wildman–Crippen LogP) is 1.25. The van der Waals surface area contributed by atoms with Crippen molar-refractivity contribution in [1.29, 1.82) is 0 Å². The third kappa shape index (κ3) is 2.97. The molecule has 2 aliphatic rings. The Morgan fingerprint density at radius 2 is 2.00 bits per heavy atom. The van der Waals surface area contributed by atoms with Gasteiger partial charge in [-0.25, -0.2) is 5.48 Å². The Hall–Kier alpha value is -0.650. The van der Waals surface area contributed by atoms with Crippen molar-refractivity contribution in [3.63, 3.8) is 0 Å². The molecule has 1 saturated heterocycles. The number of carbonyl (C=O) groups is 1. The molecule has 98 valence electrons. The van der Waals surface area contributed by atoms with Crippen molar-refractivity contribution in [2.45, 2.75) is 44.6 Å². The second kappa shape index (κ2) is 4.92. The van der Waals surface area contributed by atoms with E-state index in [-0.39, 0.29) is 16.9 Å². The summed E-state index contributed by atoms with van der Waals surface area (Å²) in [5.74, 6) is -0.302. The molecule has 1 amide bonds. The van der Waals surface area contributed by atoms with Crippen LogP contribution in [0.3, 0.4) is 0 Å². The van der Waals surface area contributed by atoms with Gasteiger partial charge in [0.05, 0.1) is 25.4 Å². The van der Waals surface area contributed by atoms with Crippen molar-refractivity contribution in [3.05, 3.63) is 0 Å². The summed E-state index contributed by atoms with van der Waals surface area (Å²) in [7, 11) is 0. The van der Waals surface area contributed by atoms with Crippen LogP contribution >= 0.6 is 0 Å². The van der Waals surface area contributed by atoms with E-state index in [0.717, 1.165) is 25.7 Å². The lowest BCUT2D eigenvalue weighted by Gasteiger charge is -2.46. The highest BCUT2D eigenvalue weighted by molar-refractivity contribution is 5.75. The predicted molar refractivity (Wildman–Crippen MR) is 60.6 cm³/mol. The van der Waals surface area contributed by atoms with E-state index < -0.39 is 0 Å². The van der Waals surface area contributed by atoms with Crippen LogP contribution in [0.1, 0.15) is 39.0 Å². The Labute approximate surface area is 101 Å². The minimum Gasteiger partial charge on any atom is -0.376 e. The molecule has 1 aliphatic carbocycles. The molecule has 0 radical (unpaired) electrons. The van der Waals surface area contributed by atoms with Gasteiger partial charge in [-0.3, -0.25) is 10.0 Å². The van der Waals surface area contributed by atoms with E-state index >= 15 is 0 Å². The molecule has 0 unspecified atom stereocenters. The molecular formula is C12H21NO4. The molecule has 1 heterocycles. The van der Waals surface area contributed by atoms with E-state index in [1.807, 2.05) is 0 Å². The standard InChI is InChI=1S/C12H21NO4/c1-11(8-10(14)13-15)2-4-12(5-3-11)9-16-6-7-17-12/h15H,2-9H2,1H3,(H,13,14). The number of rotatable bonds is 2. The zero-order valence-electron chi connectivity index (χ0n) is 10.3. The summed E-state index contributed by atoms with van der Waals surface area (Å²) in [5, 5.41) is 8.58. The van der Waals surface area contributed by atoms with Crippen molar-refractivity contribution in [2.24, 2.45) is 5.41 Å². The van der Waals surface area contributed by atoms with Crippen molar-refractivity contribution >= 4 is 5.91 Å². The fraction of sp³-hybridized carbons (Fsp3) is 0.917. The van der Waals surface area contributed by atoms with E-state index in [1.165, 1.54) is 0 Å². The van der Waals surface area contributed by atoms with E-state index in [0.29, 0.717) is 26.2 Å². The molecule has 0 bridgehead atoms. The van der Waals surface area contributed by atoms with Crippen LogP contribution in [-0.2, 0) is 14.3 Å². The summed E-state index contributed by atoms with van der Waals surface area (Å²) < 4.78 is 11.3.